The van der Waals surface area contributed by atoms with Crippen LogP contribution < -0.4 is 5.32 Å². The van der Waals surface area contributed by atoms with Gasteiger partial charge in [-0.05, 0) is 42.0 Å². The number of esters is 1. The number of nitrogens with one attached hydrogen (secondary N) is 1. The minimum absolute atomic E-state index is 0.0944. The van der Waals surface area contributed by atoms with E-state index in [1.165, 1.54) is 36.1 Å². The molecule has 0 aliphatic rings. The lowest BCUT2D eigenvalue weighted by Crippen LogP contribution is -2.31. The fraction of sp³-hybridized carbons (Fsp3) is 0.150. The van der Waals surface area contributed by atoms with Crippen molar-refractivity contribution in [1.82, 2.24) is 15.1 Å². The van der Waals surface area contributed by atoms with Crippen molar-refractivity contribution in [3.63, 3.8) is 0 Å². The molecule has 0 radical (unpaired) electrons. The Morgan fingerprint density at radius 3 is 2.64 bits per heavy atom. The number of hydrogen-bond acceptors (Lipinski definition) is 4. The largest absolute Gasteiger partial charge is 0.469 e. The highest BCUT2D eigenvalue weighted by molar-refractivity contribution is 6.30. The second kappa shape index (κ2) is 8.67. The molecule has 0 aliphatic carbocycles. The van der Waals surface area contributed by atoms with E-state index in [1.807, 2.05) is 0 Å². The summed E-state index contributed by atoms with van der Waals surface area (Å²) in [5.74, 6) is -1.38. The third kappa shape index (κ3) is 4.75. The van der Waals surface area contributed by atoms with Crippen molar-refractivity contribution in [2.45, 2.75) is 12.5 Å². The number of benzene rings is 2. The van der Waals surface area contributed by atoms with Crippen LogP contribution in [0.15, 0.2) is 60.8 Å². The Morgan fingerprint density at radius 2 is 1.96 bits per heavy atom. The second-order valence-electron chi connectivity index (χ2n) is 5.98. The average molecular weight is 402 g/mol. The van der Waals surface area contributed by atoms with Gasteiger partial charge in [-0.3, -0.25) is 9.59 Å². The Labute approximate surface area is 165 Å². The average Bonchev–Trinajstić information content (AvgIpc) is 3.18. The SMILES string of the molecule is COC(=O)CC(NC(=O)c1ccn(-c2cccc(Cl)c2)n1)c1ccc(F)cc1. The van der Waals surface area contributed by atoms with Crippen LogP contribution in [0.25, 0.3) is 5.69 Å². The molecule has 0 fully saturated rings. The molecule has 0 aliphatic heterocycles. The van der Waals surface area contributed by atoms with Gasteiger partial charge in [0.05, 0.1) is 25.3 Å². The highest BCUT2D eigenvalue weighted by Crippen LogP contribution is 2.19. The zero-order valence-electron chi connectivity index (χ0n) is 14.9. The van der Waals surface area contributed by atoms with E-state index in [0.29, 0.717) is 16.3 Å². The van der Waals surface area contributed by atoms with Crippen molar-refractivity contribution in [2.24, 2.45) is 0 Å². The van der Waals surface area contributed by atoms with Gasteiger partial charge in [-0.1, -0.05) is 29.8 Å². The number of halogens is 2. The predicted molar refractivity (Wildman–Crippen MR) is 102 cm³/mol. The van der Waals surface area contributed by atoms with Crippen LogP contribution in [0.1, 0.15) is 28.5 Å². The molecule has 0 bridgehead atoms. The molecule has 1 amide bonds. The molecule has 2 aromatic carbocycles. The number of ether oxygens (including phenoxy) is 1. The Hall–Kier alpha value is -3.19. The van der Waals surface area contributed by atoms with Gasteiger partial charge in [-0.2, -0.15) is 5.10 Å². The van der Waals surface area contributed by atoms with E-state index in [9.17, 15) is 14.0 Å². The fourth-order valence-electron chi connectivity index (χ4n) is 2.64. The van der Waals surface area contributed by atoms with Gasteiger partial charge in [0.25, 0.3) is 5.91 Å². The first-order valence-electron chi connectivity index (χ1n) is 8.41. The standard InChI is InChI=1S/C20H17ClFN3O3/c1-28-19(26)12-18(13-5-7-15(22)8-6-13)23-20(27)17-9-10-25(24-17)16-4-2-3-14(21)11-16/h2-11,18H,12H2,1H3,(H,23,27). The Balaban J connectivity index is 1.80. The van der Waals surface area contributed by atoms with Crippen molar-refractivity contribution >= 4 is 23.5 Å². The van der Waals surface area contributed by atoms with Gasteiger partial charge < -0.3 is 10.1 Å². The lowest BCUT2D eigenvalue weighted by molar-refractivity contribution is -0.141. The summed E-state index contributed by atoms with van der Waals surface area (Å²) in [6.07, 6.45) is 1.54. The maximum atomic E-state index is 13.2. The minimum Gasteiger partial charge on any atom is -0.469 e. The first-order valence-corrected chi connectivity index (χ1v) is 8.79. The van der Waals surface area contributed by atoms with Crippen LogP contribution in [-0.2, 0) is 9.53 Å². The topological polar surface area (TPSA) is 73.2 Å². The van der Waals surface area contributed by atoms with Crippen molar-refractivity contribution in [3.8, 4) is 5.69 Å². The number of carbonyl (C=O) groups excluding carboxylic acids is 2. The van der Waals surface area contributed by atoms with Crippen LogP contribution in [-0.4, -0.2) is 28.8 Å². The molecular weight excluding hydrogens is 385 g/mol. The number of nitrogens with zero attached hydrogens (tertiary/aromatic N) is 2. The van der Waals surface area contributed by atoms with Crippen LogP contribution in [0.3, 0.4) is 0 Å². The molecule has 0 saturated carbocycles. The summed E-state index contributed by atoms with van der Waals surface area (Å²) in [6.45, 7) is 0. The molecule has 0 saturated heterocycles. The number of rotatable bonds is 6. The van der Waals surface area contributed by atoms with E-state index in [2.05, 4.69) is 15.2 Å². The summed E-state index contributed by atoms with van der Waals surface area (Å²) in [5.41, 5.74) is 1.45. The molecular formula is C20H17ClFN3O3. The monoisotopic (exact) mass is 401 g/mol. The Bertz CT molecular complexity index is 988. The fourth-order valence-corrected chi connectivity index (χ4v) is 2.82. The first-order chi connectivity index (χ1) is 13.5. The van der Waals surface area contributed by atoms with Crippen LogP contribution in [0.4, 0.5) is 4.39 Å². The molecule has 28 heavy (non-hydrogen) atoms. The van der Waals surface area contributed by atoms with Gasteiger partial charge in [0.1, 0.15) is 5.82 Å². The van der Waals surface area contributed by atoms with Crippen molar-refractivity contribution in [3.05, 3.63) is 82.9 Å². The van der Waals surface area contributed by atoms with E-state index in [0.717, 1.165) is 0 Å². The van der Waals surface area contributed by atoms with Gasteiger partial charge in [0.15, 0.2) is 5.69 Å². The molecule has 144 valence electrons. The molecule has 0 spiro atoms. The summed E-state index contributed by atoms with van der Waals surface area (Å²) in [4.78, 5) is 24.4. The maximum Gasteiger partial charge on any atom is 0.307 e. The van der Waals surface area contributed by atoms with E-state index < -0.39 is 23.7 Å². The lowest BCUT2D eigenvalue weighted by Gasteiger charge is -2.17. The number of hydrogen-bond donors (Lipinski definition) is 1. The number of amides is 1. The molecule has 3 aromatic rings. The van der Waals surface area contributed by atoms with Crippen LogP contribution in [0.5, 0.6) is 0 Å². The van der Waals surface area contributed by atoms with E-state index in [1.54, 1.807) is 36.5 Å². The summed E-state index contributed by atoms with van der Waals surface area (Å²) >= 11 is 5.98. The highest BCUT2D eigenvalue weighted by Gasteiger charge is 2.21. The van der Waals surface area contributed by atoms with E-state index >= 15 is 0 Å². The van der Waals surface area contributed by atoms with E-state index in [4.69, 9.17) is 11.6 Å². The number of carbonyl (C=O) groups is 2. The molecule has 1 N–H and O–H groups in total. The molecule has 8 heteroatoms. The van der Waals surface area contributed by atoms with Crippen LogP contribution in [0.2, 0.25) is 5.02 Å². The smallest absolute Gasteiger partial charge is 0.307 e. The zero-order valence-corrected chi connectivity index (χ0v) is 15.7. The van der Waals surface area contributed by atoms with Crippen LogP contribution >= 0.6 is 11.6 Å². The molecule has 1 heterocycles. The summed E-state index contributed by atoms with van der Waals surface area (Å²) < 4.78 is 19.4. The molecule has 3 rings (SSSR count). The molecule has 6 nitrogen and oxygen atoms in total. The third-order valence-corrected chi connectivity index (χ3v) is 4.31. The first kappa shape index (κ1) is 19.6. The minimum atomic E-state index is -0.683. The summed E-state index contributed by atoms with van der Waals surface area (Å²) in [5, 5.41) is 7.55. The maximum absolute atomic E-state index is 13.2. The molecule has 1 atom stereocenters. The Kier molecular flexibility index (Phi) is 6.06. The highest BCUT2D eigenvalue weighted by atomic mass is 35.5. The third-order valence-electron chi connectivity index (χ3n) is 4.07. The summed E-state index contributed by atoms with van der Waals surface area (Å²) in [7, 11) is 1.26. The second-order valence-corrected chi connectivity index (χ2v) is 6.42. The quantitative estimate of drug-likeness (QED) is 0.639. The van der Waals surface area contributed by atoms with Gasteiger partial charge in [-0.15, -0.1) is 0 Å². The Morgan fingerprint density at radius 1 is 1.21 bits per heavy atom. The number of aromatic nitrogens is 2. The van der Waals surface area contributed by atoms with E-state index in [-0.39, 0.29) is 12.1 Å². The predicted octanol–water partition coefficient (Wildman–Crippen LogP) is 3.70. The van der Waals surface area contributed by atoms with Gasteiger partial charge in [-0.25, -0.2) is 9.07 Å². The lowest BCUT2D eigenvalue weighted by atomic mass is 10.0. The summed E-state index contributed by atoms with van der Waals surface area (Å²) in [6, 6.07) is 13.4. The van der Waals surface area contributed by atoms with Gasteiger partial charge in [0, 0.05) is 11.2 Å². The van der Waals surface area contributed by atoms with Crippen molar-refractivity contribution < 1.29 is 18.7 Å². The van der Waals surface area contributed by atoms with Crippen LogP contribution in [0, 0.1) is 5.82 Å². The van der Waals surface area contributed by atoms with Crippen molar-refractivity contribution in [2.75, 3.05) is 7.11 Å². The molecule has 1 aromatic heterocycles. The normalized spacial score (nSPS) is 11.7. The van der Waals surface area contributed by atoms with Gasteiger partial charge >= 0.3 is 5.97 Å². The van der Waals surface area contributed by atoms with Gasteiger partial charge in [0.2, 0.25) is 0 Å². The number of methoxy groups -OCH3 is 1. The molecule has 1 unspecified atom stereocenters. The zero-order chi connectivity index (χ0) is 20.1. The van der Waals surface area contributed by atoms with Crippen molar-refractivity contribution in [1.29, 1.82) is 0 Å².